The third-order valence-electron chi connectivity index (χ3n) is 3.40. The number of ether oxygens (including phenoxy) is 1. The number of aromatic nitrogens is 3. The largest absolute Gasteiger partial charge is 0.493 e. The quantitative estimate of drug-likeness (QED) is 0.570. The molecule has 0 atom stereocenters. The van der Waals surface area contributed by atoms with Gasteiger partial charge in [0, 0.05) is 23.2 Å². The van der Waals surface area contributed by atoms with Crippen molar-refractivity contribution in [3.05, 3.63) is 35.1 Å². The molecule has 3 rings (SSSR count). The number of thioether (sulfide) groups is 1. The fourth-order valence-electron chi connectivity index (χ4n) is 2.17. The maximum atomic E-state index is 5.84. The van der Waals surface area contributed by atoms with Crippen molar-refractivity contribution < 1.29 is 4.74 Å². The van der Waals surface area contributed by atoms with Crippen molar-refractivity contribution in [1.82, 2.24) is 14.8 Å². The first-order valence-corrected chi connectivity index (χ1v) is 8.58. The van der Waals surface area contributed by atoms with Crippen molar-refractivity contribution >= 4 is 23.4 Å². The van der Waals surface area contributed by atoms with Crippen LogP contribution in [-0.2, 0) is 6.54 Å². The van der Waals surface area contributed by atoms with Crippen LogP contribution in [0.4, 0.5) is 0 Å². The minimum atomic E-state index is 0.636. The van der Waals surface area contributed by atoms with E-state index >= 15 is 0 Å². The Morgan fingerprint density at radius 2 is 2.05 bits per heavy atom. The summed E-state index contributed by atoms with van der Waals surface area (Å²) in [6.07, 6.45) is 2.50. The molecule has 1 fully saturated rings. The van der Waals surface area contributed by atoms with Crippen LogP contribution in [0, 0.1) is 0 Å². The monoisotopic (exact) mass is 323 g/mol. The van der Waals surface area contributed by atoms with E-state index in [4.69, 9.17) is 16.3 Å². The molecule has 1 aliphatic rings. The topological polar surface area (TPSA) is 39.9 Å². The van der Waals surface area contributed by atoms with Gasteiger partial charge in [0.2, 0.25) is 0 Å². The molecule has 1 aromatic heterocycles. The summed E-state index contributed by atoms with van der Waals surface area (Å²) in [5, 5.41) is 10.4. The van der Waals surface area contributed by atoms with E-state index in [1.807, 2.05) is 24.3 Å². The van der Waals surface area contributed by atoms with Gasteiger partial charge in [0.25, 0.3) is 0 Å². The van der Waals surface area contributed by atoms with Crippen LogP contribution in [0.25, 0.3) is 0 Å². The number of hydrogen-bond acceptors (Lipinski definition) is 4. The number of nitrogens with zero attached hydrogens (tertiary/aromatic N) is 3. The highest BCUT2D eigenvalue weighted by molar-refractivity contribution is 7.99. The molecule has 0 radical (unpaired) electrons. The molecule has 112 valence electrons. The normalized spacial score (nSPS) is 14.4. The first-order valence-electron chi connectivity index (χ1n) is 7.22. The second kappa shape index (κ2) is 6.71. The molecule has 0 aliphatic heterocycles. The summed E-state index contributed by atoms with van der Waals surface area (Å²) in [5.74, 6) is 3.48. The van der Waals surface area contributed by atoms with E-state index in [0.29, 0.717) is 12.5 Å². The smallest absolute Gasteiger partial charge is 0.191 e. The zero-order valence-corrected chi connectivity index (χ0v) is 13.5. The summed E-state index contributed by atoms with van der Waals surface area (Å²) in [6.45, 7) is 3.71. The summed E-state index contributed by atoms with van der Waals surface area (Å²) in [4.78, 5) is 0. The molecule has 1 aliphatic carbocycles. The standard InChI is InChI=1S/C15H18ClN3OS/c1-2-19-14(11-3-4-11)17-18-15(19)21-10-9-20-13-7-5-12(16)6-8-13/h5-8,11H,2-4,9-10H2,1H3. The molecule has 0 bridgehead atoms. The van der Waals surface area contributed by atoms with Gasteiger partial charge < -0.3 is 9.30 Å². The van der Waals surface area contributed by atoms with Crippen LogP contribution >= 0.6 is 23.4 Å². The predicted molar refractivity (Wildman–Crippen MR) is 85.3 cm³/mol. The molecule has 0 unspecified atom stereocenters. The summed E-state index contributed by atoms with van der Waals surface area (Å²) in [5.41, 5.74) is 0. The van der Waals surface area contributed by atoms with Gasteiger partial charge in [-0.15, -0.1) is 10.2 Å². The van der Waals surface area contributed by atoms with Crippen LogP contribution in [0.5, 0.6) is 5.75 Å². The van der Waals surface area contributed by atoms with Crippen molar-refractivity contribution in [2.75, 3.05) is 12.4 Å². The van der Waals surface area contributed by atoms with Gasteiger partial charge in [-0.25, -0.2) is 0 Å². The van der Waals surface area contributed by atoms with E-state index in [1.165, 1.54) is 12.8 Å². The Morgan fingerprint density at radius 3 is 2.71 bits per heavy atom. The average molecular weight is 324 g/mol. The zero-order chi connectivity index (χ0) is 14.7. The lowest BCUT2D eigenvalue weighted by Gasteiger charge is -2.07. The molecule has 21 heavy (non-hydrogen) atoms. The molecule has 6 heteroatoms. The first kappa shape index (κ1) is 14.7. The molecular formula is C15H18ClN3OS. The third-order valence-corrected chi connectivity index (χ3v) is 4.58. The number of benzene rings is 1. The molecule has 1 saturated carbocycles. The fraction of sp³-hybridized carbons (Fsp3) is 0.467. The van der Waals surface area contributed by atoms with Gasteiger partial charge in [-0.3, -0.25) is 0 Å². The van der Waals surface area contributed by atoms with E-state index in [-0.39, 0.29) is 0 Å². The second-order valence-corrected chi connectivity index (χ2v) is 6.51. The molecule has 1 heterocycles. The van der Waals surface area contributed by atoms with Crippen molar-refractivity contribution in [2.45, 2.75) is 37.4 Å². The van der Waals surface area contributed by atoms with Crippen molar-refractivity contribution in [3.63, 3.8) is 0 Å². The lowest BCUT2D eigenvalue weighted by molar-refractivity contribution is 0.344. The van der Waals surface area contributed by atoms with Crippen LogP contribution in [0.2, 0.25) is 5.02 Å². The summed E-state index contributed by atoms with van der Waals surface area (Å²) in [6, 6.07) is 7.43. The van der Waals surface area contributed by atoms with Gasteiger partial charge in [-0.1, -0.05) is 23.4 Å². The van der Waals surface area contributed by atoms with Gasteiger partial charge in [0.15, 0.2) is 5.16 Å². The molecule has 4 nitrogen and oxygen atoms in total. The van der Waals surface area contributed by atoms with Crippen LogP contribution < -0.4 is 4.74 Å². The van der Waals surface area contributed by atoms with E-state index < -0.39 is 0 Å². The van der Waals surface area contributed by atoms with Gasteiger partial charge in [-0.2, -0.15) is 0 Å². The maximum absolute atomic E-state index is 5.84. The van der Waals surface area contributed by atoms with Crippen LogP contribution in [0.15, 0.2) is 29.4 Å². The lowest BCUT2D eigenvalue weighted by Crippen LogP contribution is -2.04. The van der Waals surface area contributed by atoms with Crippen LogP contribution in [0.3, 0.4) is 0 Å². The number of halogens is 1. The Balaban J connectivity index is 1.50. The Morgan fingerprint density at radius 1 is 1.29 bits per heavy atom. The van der Waals surface area contributed by atoms with Crippen LogP contribution in [0.1, 0.15) is 31.5 Å². The SMILES string of the molecule is CCn1c(SCCOc2ccc(Cl)cc2)nnc1C1CC1. The maximum Gasteiger partial charge on any atom is 0.191 e. The average Bonchev–Trinajstić information content (AvgIpc) is 3.26. The summed E-state index contributed by atoms with van der Waals surface area (Å²) < 4.78 is 7.91. The van der Waals surface area contributed by atoms with Crippen molar-refractivity contribution in [3.8, 4) is 5.75 Å². The van der Waals surface area contributed by atoms with Gasteiger partial charge in [0.05, 0.1) is 6.61 Å². The fourth-order valence-corrected chi connectivity index (χ4v) is 3.12. The molecule has 0 spiro atoms. The highest BCUT2D eigenvalue weighted by Gasteiger charge is 2.29. The first-order chi connectivity index (χ1) is 10.3. The minimum absolute atomic E-state index is 0.636. The van der Waals surface area contributed by atoms with Crippen LogP contribution in [-0.4, -0.2) is 27.1 Å². The molecular weight excluding hydrogens is 306 g/mol. The number of rotatable bonds is 7. The molecule has 0 saturated heterocycles. The van der Waals surface area contributed by atoms with E-state index in [2.05, 4.69) is 21.7 Å². The van der Waals surface area contributed by atoms with Crippen molar-refractivity contribution in [2.24, 2.45) is 0 Å². The van der Waals surface area contributed by atoms with Gasteiger partial charge >= 0.3 is 0 Å². The predicted octanol–water partition coefficient (Wildman–Crippen LogP) is 4.00. The van der Waals surface area contributed by atoms with Crippen molar-refractivity contribution in [1.29, 1.82) is 0 Å². The zero-order valence-electron chi connectivity index (χ0n) is 12.0. The Bertz CT molecular complexity index is 595. The summed E-state index contributed by atoms with van der Waals surface area (Å²) in [7, 11) is 0. The molecule has 1 aromatic carbocycles. The minimum Gasteiger partial charge on any atom is -0.493 e. The van der Waals surface area contributed by atoms with E-state index in [9.17, 15) is 0 Å². The molecule has 0 amide bonds. The second-order valence-electron chi connectivity index (χ2n) is 5.01. The third kappa shape index (κ3) is 3.71. The molecule has 0 N–H and O–H groups in total. The Hall–Kier alpha value is -1.20. The Kier molecular flexibility index (Phi) is 4.70. The van der Waals surface area contributed by atoms with E-state index in [0.717, 1.165) is 34.1 Å². The molecule has 2 aromatic rings. The highest BCUT2D eigenvalue weighted by atomic mass is 35.5. The Labute approximate surface area is 133 Å². The van der Waals surface area contributed by atoms with Gasteiger partial charge in [-0.05, 0) is 44.0 Å². The highest BCUT2D eigenvalue weighted by Crippen LogP contribution is 2.39. The summed E-state index contributed by atoms with van der Waals surface area (Å²) >= 11 is 7.54. The van der Waals surface area contributed by atoms with E-state index in [1.54, 1.807) is 11.8 Å². The lowest BCUT2D eigenvalue weighted by atomic mass is 10.3. The van der Waals surface area contributed by atoms with Gasteiger partial charge in [0.1, 0.15) is 11.6 Å². The number of hydrogen-bond donors (Lipinski definition) is 0.